The highest BCUT2D eigenvalue weighted by Gasteiger charge is 2.32. The van der Waals surface area contributed by atoms with E-state index in [0.717, 1.165) is 0 Å². The molecule has 0 aromatic carbocycles. The molecule has 1 saturated carbocycles. The zero-order chi connectivity index (χ0) is 16.3. The summed E-state index contributed by atoms with van der Waals surface area (Å²) in [5, 5.41) is 1.92. The fraction of sp³-hybridized carbons (Fsp3) is 0.923. The SMILES string of the molecule is CC(CCOC1CC(NC(=O)OC(C)(C)C)C1)S(=O)(=O)O. The molecule has 0 heterocycles. The molecule has 8 heteroatoms. The molecule has 124 valence electrons. The highest BCUT2D eigenvalue weighted by Crippen LogP contribution is 2.24. The number of carbonyl (C=O) groups excluding carboxylic acids is 1. The number of ether oxygens (including phenoxy) is 2. The average molecular weight is 323 g/mol. The van der Waals surface area contributed by atoms with Crippen molar-refractivity contribution >= 4 is 16.2 Å². The Balaban J connectivity index is 2.13. The van der Waals surface area contributed by atoms with E-state index < -0.39 is 27.1 Å². The lowest BCUT2D eigenvalue weighted by Gasteiger charge is -2.36. The quantitative estimate of drug-likeness (QED) is 0.722. The highest BCUT2D eigenvalue weighted by atomic mass is 32.2. The Morgan fingerprint density at radius 3 is 2.43 bits per heavy atom. The van der Waals surface area contributed by atoms with Gasteiger partial charge in [0.2, 0.25) is 0 Å². The number of carbonyl (C=O) groups is 1. The van der Waals surface area contributed by atoms with Crippen molar-refractivity contribution in [3.8, 4) is 0 Å². The molecule has 2 N–H and O–H groups in total. The second-order valence-corrected chi connectivity index (χ2v) is 8.26. The molecule has 1 aliphatic carbocycles. The Morgan fingerprint density at radius 1 is 1.38 bits per heavy atom. The summed E-state index contributed by atoms with van der Waals surface area (Å²) < 4.78 is 41.1. The van der Waals surface area contributed by atoms with Crippen LogP contribution in [-0.4, -0.2) is 48.7 Å². The number of rotatable bonds is 6. The number of amides is 1. The van der Waals surface area contributed by atoms with Crippen LogP contribution in [0.3, 0.4) is 0 Å². The van der Waals surface area contributed by atoms with Crippen LogP contribution in [0.1, 0.15) is 47.0 Å². The fourth-order valence-corrected chi connectivity index (χ4v) is 2.24. The van der Waals surface area contributed by atoms with Gasteiger partial charge in [0.25, 0.3) is 10.1 Å². The minimum absolute atomic E-state index is 0.0125. The molecule has 7 nitrogen and oxygen atoms in total. The molecule has 0 aromatic rings. The topological polar surface area (TPSA) is 102 Å². The maximum absolute atomic E-state index is 11.5. The van der Waals surface area contributed by atoms with E-state index in [1.807, 2.05) is 0 Å². The van der Waals surface area contributed by atoms with Crippen LogP contribution in [0.2, 0.25) is 0 Å². The van der Waals surface area contributed by atoms with Crippen molar-refractivity contribution in [1.29, 1.82) is 0 Å². The first kappa shape index (κ1) is 18.2. The number of nitrogens with one attached hydrogen (secondary N) is 1. The summed E-state index contributed by atoms with van der Waals surface area (Å²) in [7, 11) is -3.99. The number of alkyl carbamates (subject to hydrolysis) is 1. The Bertz CT molecular complexity index is 450. The van der Waals surface area contributed by atoms with Crippen LogP contribution in [0.4, 0.5) is 4.79 Å². The number of hydrogen-bond donors (Lipinski definition) is 2. The lowest BCUT2D eigenvalue weighted by Crippen LogP contribution is -2.49. The van der Waals surface area contributed by atoms with E-state index in [4.69, 9.17) is 14.0 Å². The first-order valence-electron chi connectivity index (χ1n) is 7.05. The molecule has 1 aliphatic rings. The Labute approximate surface area is 126 Å². The molecule has 21 heavy (non-hydrogen) atoms. The third-order valence-corrected chi connectivity index (χ3v) is 4.45. The minimum Gasteiger partial charge on any atom is -0.444 e. The summed E-state index contributed by atoms with van der Waals surface area (Å²) in [5.74, 6) is 0. The van der Waals surface area contributed by atoms with E-state index in [0.29, 0.717) is 12.8 Å². The first-order chi connectivity index (χ1) is 9.47. The summed E-state index contributed by atoms with van der Waals surface area (Å²) in [5.41, 5.74) is -0.518. The van der Waals surface area contributed by atoms with Crippen molar-refractivity contribution in [2.75, 3.05) is 6.61 Å². The highest BCUT2D eigenvalue weighted by molar-refractivity contribution is 7.86. The van der Waals surface area contributed by atoms with Gasteiger partial charge in [-0.3, -0.25) is 4.55 Å². The molecular formula is C13H25NO6S. The molecule has 0 radical (unpaired) electrons. The predicted molar refractivity (Wildman–Crippen MR) is 77.8 cm³/mol. The van der Waals surface area contributed by atoms with E-state index in [1.54, 1.807) is 20.8 Å². The monoisotopic (exact) mass is 323 g/mol. The Kier molecular flexibility index (Phi) is 6.01. The molecular weight excluding hydrogens is 298 g/mol. The first-order valence-corrected chi connectivity index (χ1v) is 8.55. The van der Waals surface area contributed by atoms with Gasteiger partial charge in [-0.15, -0.1) is 0 Å². The van der Waals surface area contributed by atoms with Crippen LogP contribution in [0.15, 0.2) is 0 Å². The van der Waals surface area contributed by atoms with Gasteiger partial charge in [0.05, 0.1) is 11.4 Å². The van der Waals surface area contributed by atoms with Gasteiger partial charge in [-0.1, -0.05) is 0 Å². The fourth-order valence-electron chi connectivity index (χ4n) is 1.84. The molecule has 1 unspecified atom stereocenters. The Hall–Kier alpha value is -0.860. The maximum atomic E-state index is 11.5. The van der Waals surface area contributed by atoms with Gasteiger partial charge in [-0.2, -0.15) is 8.42 Å². The summed E-state index contributed by atoms with van der Waals surface area (Å²) in [4.78, 5) is 11.5. The van der Waals surface area contributed by atoms with Crippen molar-refractivity contribution in [1.82, 2.24) is 5.32 Å². The normalized spacial score (nSPS) is 24.0. The molecule has 1 atom stereocenters. The molecule has 0 aromatic heterocycles. The van der Waals surface area contributed by atoms with Crippen LogP contribution in [-0.2, 0) is 19.6 Å². The standard InChI is InChI=1S/C13H25NO6S/c1-9(21(16,17)18)5-6-19-11-7-10(8-11)14-12(15)20-13(2,3)4/h9-11H,5-8H2,1-4H3,(H,14,15)(H,16,17,18). The van der Waals surface area contributed by atoms with Crippen molar-refractivity contribution in [2.24, 2.45) is 0 Å². The average Bonchev–Trinajstić information content (AvgIpc) is 2.21. The molecule has 1 amide bonds. The van der Waals surface area contributed by atoms with Gasteiger partial charge >= 0.3 is 6.09 Å². The molecule has 0 saturated heterocycles. The third kappa shape index (κ3) is 7.10. The lowest BCUT2D eigenvalue weighted by atomic mass is 9.89. The maximum Gasteiger partial charge on any atom is 0.407 e. The van der Waals surface area contributed by atoms with E-state index in [9.17, 15) is 13.2 Å². The molecule has 0 aliphatic heterocycles. The van der Waals surface area contributed by atoms with Gasteiger partial charge in [0, 0.05) is 12.6 Å². The van der Waals surface area contributed by atoms with Gasteiger partial charge < -0.3 is 14.8 Å². The second-order valence-electron chi connectivity index (χ2n) is 6.42. The van der Waals surface area contributed by atoms with Crippen molar-refractivity contribution < 1.29 is 27.2 Å². The summed E-state index contributed by atoms with van der Waals surface area (Å²) >= 11 is 0. The van der Waals surface area contributed by atoms with Gasteiger partial charge in [0.1, 0.15) is 5.60 Å². The van der Waals surface area contributed by atoms with E-state index >= 15 is 0 Å². The van der Waals surface area contributed by atoms with Gasteiger partial charge in [-0.05, 0) is 47.0 Å². The summed E-state index contributed by atoms with van der Waals surface area (Å²) in [6.45, 7) is 7.11. The molecule has 1 rings (SSSR count). The van der Waals surface area contributed by atoms with Gasteiger partial charge in [0.15, 0.2) is 0 Å². The van der Waals surface area contributed by atoms with Crippen molar-refractivity contribution in [3.63, 3.8) is 0 Å². The van der Waals surface area contributed by atoms with Crippen LogP contribution in [0.25, 0.3) is 0 Å². The van der Waals surface area contributed by atoms with Crippen LogP contribution < -0.4 is 5.32 Å². The van der Waals surface area contributed by atoms with Gasteiger partial charge in [-0.25, -0.2) is 4.79 Å². The van der Waals surface area contributed by atoms with Crippen molar-refractivity contribution in [2.45, 2.75) is 70.0 Å². The third-order valence-electron chi connectivity index (χ3n) is 3.20. The van der Waals surface area contributed by atoms with E-state index in [1.165, 1.54) is 6.92 Å². The lowest BCUT2D eigenvalue weighted by molar-refractivity contribution is -0.0207. The number of hydrogen-bond acceptors (Lipinski definition) is 5. The van der Waals surface area contributed by atoms with E-state index in [2.05, 4.69) is 5.32 Å². The Morgan fingerprint density at radius 2 is 1.95 bits per heavy atom. The summed E-state index contributed by atoms with van der Waals surface area (Å²) in [6, 6.07) is 0.0313. The predicted octanol–water partition coefficient (Wildman–Crippen LogP) is 1.73. The van der Waals surface area contributed by atoms with Crippen molar-refractivity contribution in [3.05, 3.63) is 0 Å². The zero-order valence-corrected chi connectivity index (χ0v) is 13.8. The molecule has 1 fully saturated rings. The van der Waals surface area contributed by atoms with Crippen LogP contribution >= 0.6 is 0 Å². The summed E-state index contributed by atoms with van der Waals surface area (Å²) in [6.07, 6.45) is 1.18. The molecule has 0 spiro atoms. The molecule has 0 bridgehead atoms. The van der Waals surface area contributed by atoms with Crippen LogP contribution in [0, 0.1) is 0 Å². The minimum atomic E-state index is -3.99. The smallest absolute Gasteiger partial charge is 0.407 e. The largest absolute Gasteiger partial charge is 0.444 e. The van der Waals surface area contributed by atoms with Crippen LogP contribution in [0.5, 0.6) is 0 Å². The van der Waals surface area contributed by atoms with E-state index in [-0.39, 0.29) is 25.2 Å². The zero-order valence-electron chi connectivity index (χ0n) is 13.0. The second kappa shape index (κ2) is 6.93.